The predicted molar refractivity (Wildman–Crippen MR) is 54.9 cm³/mol. The van der Waals surface area contributed by atoms with Crippen LogP contribution in [0.2, 0.25) is 0 Å². The lowest BCUT2D eigenvalue weighted by molar-refractivity contribution is -0.139. The molecule has 14 heavy (non-hydrogen) atoms. The van der Waals surface area contributed by atoms with Crippen LogP contribution in [0, 0.1) is 5.92 Å². The van der Waals surface area contributed by atoms with Crippen LogP contribution in [0.25, 0.3) is 0 Å². The van der Waals surface area contributed by atoms with Crippen LogP contribution in [0.5, 0.6) is 0 Å². The number of aliphatic hydroxyl groups excluding tert-OH is 1. The molecule has 0 aliphatic carbocycles. The average Bonchev–Trinajstić information content (AvgIpc) is 2.08. The molecule has 0 spiro atoms. The third kappa shape index (κ3) is 2.96. The minimum atomic E-state index is 0.105. The van der Waals surface area contributed by atoms with Gasteiger partial charge < -0.3 is 15.3 Å². The molecule has 4 nitrogen and oxygen atoms in total. The molecule has 1 amide bonds. The lowest BCUT2D eigenvalue weighted by Crippen LogP contribution is -2.60. The molecule has 0 unspecified atom stereocenters. The Bertz CT molecular complexity index is 189. The smallest absolute Gasteiger partial charge is 0.225 e. The molecule has 1 aliphatic rings. The van der Waals surface area contributed by atoms with Gasteiger partial charge in [-0.2, -0.15) is 0 Å². The largest absolute Gasteiger partial charge is 0.396 e. The van der Waals surface area contributed by atoms with Crippen LogP contribution in [0.3, 0.4) is 0 Å². The zero-order chi connectivity index (χ0) is 10.6. The Labute approximate surface area is 85.3 Å². The van der Waals surface area contributed by atoms with Gasteiger partial charge in [0, 0.05) is 31.7 Å². The molecule has 0 aromatic heterocycles. The number of hydrogen-bond acceptors (Lipinski definition) is 3. The number of carbonyl (C=O) groups excluding carboxylic acids is 1. The van der Waals surface area contributed by atoms with Gasteiger partial charge in [0.05, 0.1) is 0 Å². The maximum atomic E-state index is 11.5. The van der Waals surface area contributed by atoms with Gasteiger partial charge in [0.2, 0.25) is 5.91 Å². The summed E-state index contributed by atoms with van der Waals surface area (Å²) in [6.07, 6.45) is 0.786. The molecule has 0 saturated carbocycles. The molecule has 0 bridgehead atoms. The Kier molecular flexibility index (Phi) is 4.35. The van der Waals surface area contributed by atoms with E-state index in [1.807, 2.05) is 18.7 Å². The number of likely N-dealkylation sites (tertiary alicyclic amines) is 1. The maximum absolute atomic E-state index is 11.5. The van der Waals surface area contributed by atoms with E-state index in [-0.39, 0.29) is 18.4 Å². The van der Waals surface area contributed by atoms with Crippen LogP contribution in [0.15, 0.2) is 0 Å². The Morgan fingerprint density at radius 3 is 2.71 bits per heavy atom. The molecule has 1 fully saturated rings. The van der Waals surface area contributed by atoms with E-state index in [4.69, 9.17) is 5.11 Å². The highest BCUT2D eigenvalue weighted by Gasteiger charge is 2.30. The molecule has 0 radical (unpaired) electrons. The first-order valence-electron chi connectivity index (χ1n) is 5.28. The molecule has 0 aromatic rings. The fourth-order valence-corrected chi connectivity index (χ4v) is 1.54. The van der Waals surface area contributed by atoms with Crippen molar-refractivity contribution in [2.45, 2.75) is 26.3 Å². The molecule has 0 atom stereocenters. The number of aliphatic hydroxyl groups is 1. The summed E-state index contributed by atoms with van der Waals surface area (Å²) in [5.74, 6) is 0.346. The molecular formula is C10H20N2O2. The maximum Gasteiger partial charge on any atom is 0.225 e. The lowest BCUT2D eigenvalue weighted by Gasteiger charge is -2.40. The monoisotopic (exact) mass is 200 g/mol. The van der Waals surface area contributed by atoms with Gasteiger partial charge in [-0.25, -0.2) is 0 Å². The molecule has 82 valence electrons. The number of hydrogen-bond donors (Lipinski definition) is 2. The zero-order valence-corrected chi connectivity index (χ0v) is 8.99. The van der Waals surface area contributed by atoms with Gasteiger partial charge in [-0.05, 0) is 13.0 Å². The molecule has 2 N–H and O–H groups in total. The van der Waals surface area contributed by atoms with E-state index in [0.29, 0.717) is 6.04 Å². The van der Waals surface area contributed by atoms with E-state index in [1.54, 1.807) is 0 Å². The second-order valence-corrected chi connectivity index (χ2v) is 4.13. The fourth-order valence-electron chi connectivity index (χ4n) is 1.54. The first-order valence-corrected chi connectivity index (χ1v) is 5.28. The highest BCUT2D eigenvalue weighted by Crippen LogP contribution is 2.11. The van der Waals surface area contributed by atoms with Crippen molar-refractivity contribution in [3.8, 4) is 0 Å². The van der Waals surface area contributed by atoms with E-state index >= 15 is 0 Å². The number of rotatable bonds is 5. The summed E-state index contributed by atoms with van der Waals surface area (Å²) < 4.78 is 0. The number of nitrogens with one attached hydrogen (secondary N) is 1. The van der Waals surface area contributed by atoms with Crippen LogP contribution in [0.4, 0.5) is 0 Å². The van der Waals surface area contributed by atoms with Crippen LogP contribution in [-0.4, -0.2) is 48.2 Å². The van der Waals surface area contributed by atoms with E-state index in [1.165, 1.54) is 0 Å². The van der Waals surface area contributed by atoms with Gasteiger partial charge in [0.1, 0.15) is 0 Å². The van der Waals surface area contributed by atoms with Gasteiger partial charge in [0.15, 0.2) is 0 Å². The van der Waals surface area contributed by atoms with Gasteiger partial charge in [-0.1, -0.05) is 13.8 Å². The SMILES string of the molecule is CC(C)C(=O)N1CC(NCCCO)C1. The van der Waals surface area contributed by atoms with Gasteiger partial charge in [-0.3, -0.25) is 4.79 Å². The molecule has 4 heteroatoms. The van der Waals surface area contributed by atoms with Crippen molar-refractivity contribution in [1.82, 2.24) is 10.2 Å². The molecule has 1 aliphatic heterocycles. The Morgan fingerprint density at radius 2 is 2.21 bits per heavy atom. The molecule has 1 rings (SSSR count). The van der Waals surface area contributed by atoms with Gasteiger partial charge >= 0.3 is 0 Å². The summed E-state index contributed by atoms with van der Waals surface area (Å²) in [5.41, 5.74) is 0. The van der Waals surface area contributed by atoms with Crippen LogP contribution < -0.4 is 5.32 Å². The summed E-state index contributed by atoms with van der Waals surface area (Å²) in [6, 6.07) is 0.434. The summed E-state index contributed by atoms with van der Waals surface area (Å²) in [7, 11) is 0. The lowest BCUT2D eigenvalue weighted by atomic mass is 10.1. The topological polar surface area (TPSA) is 52.6 Å². The second-order valence-electron chi connectivity index (χ2n) is 4.13. The Balaban J connectivity index is 2.08. The van der Waals surface area contributed by atoms with Crippen LogP contribution in [-0.2, 0) is 4.79 Å². The first kappa shape index (κ1) is 11.5. The highest BCUT2D eigenvalue weighted by molar-refractivity contribution is 5.79. The number of carbonyl (C=O) groups is 1. The first-order chi connectivity index (χ1) is 6.65. The van der Waals surface area contributed by atoms with E-state index in [0.717, 1.165) is 26.1 Å². The standard InChI is InChI=1S/C10H20N2O2/c1-8(2)10(14)12-6-9(7-12)11-4-3-5-13/h8-9,11,13H,3-7H2,1-2H3. The third-order valence-corrected chi connectivity index (χ3v) is 2.46. The van der Waals surface area contributed by atoms with Crippen molar-refractivity contribution in [2.75, 3.05) is 26.2 Å². The molecule has 1 saturated heterocycles. The molecular weight excluding hydrogens is 180 g/mol. The van der Waals surface area contributed by atoms with Crippen LogP contribution >= 0.6 is 0 Å². The van der Waals surface area contributed by atoms with Gasteiger partial charge in [0.25, 0.3) is 0 Å². The number of nitrogens with zero attached hydrogens (tertiary/aromatic N) is 1. The minimum Gasteiger partial charge on any atom is -0.396 e. The van der Waals surface area contributed by atoms with Crippen molar-refractivity contribution in [3.63, 3.8) is 0 Å². The average molecular weight is 200 g/mol. The summed E-state index contributed by atoms with van der Waals surface area (Å²) in [6.45, 7) is 6.56. The van der Waals surface area contributed by atoms with Crippen molar-refractivity contribution < 1.29 is 9.90 Å². The van der Waals surface area contributed by atoms with E-state index < -0.39 is 0 Å². The van der Waals surface area contributed by atoms with Crippen molar-refractivity contribution >= 4 is 5.91 Å². The number of amides is 1. The molecule has 1 heterocycles. The third-order valence-electron chi connectivity index (χ3n) is 2.46. The second kappa shape index (κ2) is 5.32. The normalized spacial score (nSPS) is 17.3. The Hall–Kier alpha value is -0.610. The minimum absolute atomic E-state index is 0.105. The summed E-state index contributed by atoms with van der Waals surface area (Å²) in [4.78, 5) is 13.3. The Morgan fingerprint density at radius 1 is 1.57 bits per heavy atom. The fraction of sp³-hybridized carbons (Fsp3) is 0.900. The summed E-state index contributed by atoms with van der Waals surface area (Å²) in [5, 5.41) is 11.9. The van der Waals surface area contributed by atoms with Crippen molar-refractivity contribution in [1.29, 1.82) is 0 Å². The summed E-state index contributed by atoms with van der Waals surface area (Å²) >= 11 is 0. The van der Waals surface area contributed by atoms with Crippen molar-refractivity contribution in [3.05, 3.63) is 0 Å². The molecule has 0 aromatic carbocycles. The van der Waals surface area contributed by atoms with Crippen LogP contribution in [0.1, 0.15) is 20.3 Å². The highest BCUT2D eigenvalue weighted by atomic mass is 16.3. The quantitative estimate of drug-likeness (QED) is 0.606. The van der Waals surface area contributed by atoms with Gasteiger partial charge in [-0.15, -0.1) is 0 Å². The zero-order valence-electron chi connectivity index (χ0n) is 8.99. The van der Waals surface area contributed by atoms with E-state index in [9.17, 15) is 4.79 Å². The van der Waals surface area contributed by atoms with Crippen molar-refractivity contribution in [2.24, 2.45) is 5.92 Å². The predicted octanol–water partition coefficient (Wildman–Crippen LogP) is -0.175. The van der Waals surface area contributed by atoms with E-state index in [2.05, 4.69) is 5.32 Å².